The van der Waals surface area contributed by atoms with Gasteiger partial charge >= 0.3 is 6.18 Å². The first-order valence-electron chi connectivity index (χ1n) is 6.33. The summed E-state index contributed by atoms with van der Waals surface area (Å²) in [5.74, 6) is -0.305. The molecule has 0 aromatic carbocycles. The number of alkyl halides is 3. The lowest BCUT2D eigenvalue weighted by atomic mass is 10.3. The molecule has 11 heteroatoms. The van der Waals surface area contributed by atoms with Crippen molar-refractivity contribution in [3.63, 3.8) is 0 Å². The number of methoxy groups -OCH3 is 1. The van der Waals surface area contributed by atoms with E-state index in [1.54, 1.807) is 0 Å². The molecule has 0 bridgehead atoms. The maximum absolute atomic E-state index is 12.8. The summed E-state index contributed by atoms with van der Waals surface area (Å²) in [7, 11) is 1.51. The summed E-state index contributed by atoms with van der Waals surface area (Å²) in [4.78, 5) is 11.6. The number of nitrogens with one attached hydrogen (secondary N) is 1. The molecule has 2 aromatic heterocycles. The molecule has 0 aliphatic rings. The van der Waals surface area contributed by atoms with E-state index in [1.807, 2.05) is 0 Å². The number of rotatable bonds is 6. The second kappa shape index (κ2) is 7.37. The van der Waals surface area contributed by atoms with Crippen molar-refractivity contribution < 1.29 is 22.7 Å². The molecule has 0 unspecified atom stereocenters. The molecule has 0 saturated carbocycles. The molecular weight excluding hydrogens is 357 g/mol. The van der Waals surface area contributed by atoms with Gasteiger partial charge in [0.2, 0.25) is 5.91 Å². The number of carbonyl (C=O) groups is 1. The Balaban J connectivity index is 2.15. The van der Waals surface area contributed by atoms with E-state index in [0.717, 1.165) is 28.4 Å². The van der Waals surface area contributed by atoms with Crippen LogP contribution in [0.2, 0.25) is 5.02 Å². The van der Waals surface area contributed by atoms with Gasteiger partial charge in [0.05, 0.1) is 22.9 Å². The molecule has 6 nitrogen and oxygen atoms in total. The molecule has 0 aliphatic heterocycles. The van der Waals surface area contributed by atoms with E-state index in [4.69, 9.17) is 16.3 Å². The maximum atomic E-state index is 12.8. The average Bonchev–Trinajstić information content (AvgIpc) is 2.88. The number of fused-ring (bicyclic) bond motifs is 1. The van der Waals surface area contributed by atoms with Gasteiger partial charge in [-0.15, -0.1) is 10.2 Å². The van der Waals surface area contributed by atoms with E-state index in [9.17, 15) is 18.0 Å². The summed E-state index contributed by atoms with van der Waals surface area (Å²) in [5.41, 5.74) is -0.817. The van der Waals surface area contributed by atoms with Crippen LogP contribution in [0.15, 0.2) is 17.4 Å². The Morgan fingerprint density at radius 1 is 1.48 bits per heavy atom. The van der Waals surface area contributed by atoms with Gasteiger partial charge in [-0.3, -0.25) is 9.20 Å². The zero-order valence-electron chi connectivity index (χ0n) is 11.9. The second-order valence-corrected chi connectivity index (χ2v) is 5.73. The standard InChI is InChI=1S/C12H12ClF3N4O2S/c1-22-3-2-17-9(21)6-23-11-19-18-10-8(13)4-7(5-20(10)11)12(14,15)16/h4-5H,2-3,6H2,1H3,(H,17,21). The van der Waals surface area contributed by atoms with E-state index in [0.29, 0.717) is 13.2 Å². The van der Waals surface area contributed by atoms with Crippen molar-refractivity contribution in [3.05, 3.63) is 22.8 Å². The molecule has 2 rings (SSSR count). The third-order valence-electron chi connectivity index (χ3n) is 2.72. The van der Waals surface area contributed by atoms with Crippen LogP contribution < -0.4 is 5.32 Å². The molecule has 0 fully saturated rings. The van der Waals surface area contributed by atoms with E-state index >= 15 is 0 Å². The number of nitrogens with zero attached hydrogens (tertiary/aromatic N) is 3. The third kappa shape index (κ3) is 4.49. The summed E-state index contributed by atoms with van der Waals surface area (Å²) in [6, 6.07) is 0.789. The molecule has 2 heterocycles. The van der Waals surface area contributed by atoms with Gasteiger partial charge in [-0.25, -0.2) is 0 Å². The van der Waals surface area contributed by atoms with Crippen molar-refractivity contribution in [2.75, 3.05) is 26.0 Å². The lowest BCUT2D eigenvalue weighted by Gasteiger charge is -2.08. The molecule has 0 atom stereocenters. The van der Waals surface area contributed by atoms with Crippen LogP contribution in [0.4, 0.5) is 13.2 Å². The Kier molecular flexibility index (Phi) is 5.71. The fourth-order valence-electron chi connectivity index (χ4n) is 1.66. The normalized spacial score (nSPS) is 11.9. The molecule has 0 spiro atoms. The molecule has 1 amide bonds. The van der Waals surface area contributed by atoms with Crippen molar-refractivity contribution in [1.82, 2.24) is 19.9 Å². The predicted molar refractivity (Wildman–Crippen MR) is 78.6 cm³/mol. The summed E-state index contributed by atoms with van der Waals surface area (Å²) in [6.07, 6.45) is -3.69. The van der Waals surface area contributed by atoms with Crippen LogP contribution in [-0.4, -0.2) is 46.5 Å². The van der Waals surface area contributed by atoms with Gasteiger partial charge in [0.25, 0.3) is 0 Å². The van der Waals surface area contributed by atoms with Crippen LogP contribution in [0, 0.1) is 0 Å². The van der Waals surface area contributed by atoms with E-state index < -0.39 is 11.7 Å². The molecule has 0 aliphatic carbocycles. The fraction of sp³-hybridized carbons (Fsp3) is 0.417. The van der Waals surface area contributed by atoms with Crippen LogP contribution in [0.1, 0.15) is 5.56 Å². The van der Waals surface area contributed by atoms with Gasteiger partial charge in [0, 0.05) is 19.9 Å². The first-order chi connectivity index (χ1) is 10.8. The number of thioether (sulfide) groups is 1. The number of pyridine rings is 1. The summed E-state index contributed by atoms with van der Waals surface area (Å²) < 4.78 is 44.4. The van der Waals surface area contributed by atoms with Crippen molar-refractivity contribution in [3.8, 4) is 0 Å². The first kappa shape index (κ1) is 17.8. The van der Waals surface area contributed by atoms with E-state index in [2.05, 4.69) is 15.5 Å². The zero-order chi connectivity index (χ0) is 17.0. The van der Waals surface area contributed by atoms with Crippen molar-refractivity contribution >= 4 is 34.9 Å². The number of halogens is 4. The molecule has 2 aromatic rings. The van der Waals surface area contributed by atoms with Gasteiger partial charge in [0.1, 0.15) is 0 Å². The largest absolute Gasteiger partial charge is 0.417 e. The number of hydrogen-bond donors (Lipinski definition) is 1. The number of hydrogen-bond acceptors (Lipinski definition) is 5. The van der Waals surface area contributed by atoms with E-state index in [1.165, 1.54) is 7.11 Å². The van der Waals surface area contributed by atoms with Crippen LogP contribution >= 0.6 is 23.4 Å². The topological polar surface area (TPSA) is 68.5 Å². The van der Waals surface area contributed by atoms with Gasteiger partial charge < -0.3 is 10.1 Å². The highest BCUT2D eigenvalue weighted by atomic mass is 35.5. The Labute approximate surface area is 138 Å². The van der Waals surface area contributed by atoms with Gasteiger partial charge in [0.15, 0.2) is 10.8 Å². The molecular formula is C12H12ClF3N4O2S. The Hall–Kier alpha value is -1.52. The molecule has 1 N–H and O–H groups in total. The van der Waals surface area contributed by atoms with Crippen LogP contribution in [-0.2, 0) is 15.7 Å². The fourth-order valence-corrected chi connectivity index (χ4v) is 2.65. The molecule has 0 radical (unpaired) electrons. The molecule has 126 valence electrons. The summed E-state index contributed by atoms with van der Waals surface area (Å²) >= 11 is 6.76. The van der Waals surface area contributed by atoms with Gasteiger partial charge in [-0.1, -0.05) is 23.4 Å². The monoisotopic (exact) mass is 368 g/mol. The quantitative estimate of drug-likeness (QED) is 0.625. The summed E-state index contributed by atoms with van der Waals surface area (Å²) in [5, 5.41) is 10.1. The number of amides is 1. The van der Waals surface area contributed by atoms with Crippen molar-refractivity contribution in [2.45, 2.75) is 11.3 Å². The van der Waals surface area contributed by atoms with Gasteiger partial charge in [-0.2, -0.15) is 13.2 Å². The minimum atomic E-state index is -4.54. The number of aromatic nitrogens is 3. The van der Waals surface area contributed by atoms with Gasteiger partial charge in [-0.05, 0) is 6.07 Å². The zero-order valence-corrected chi connectivity index (χ0v) is 13.4. The molecule has 0 saturated heterocycles. The average molecular weight is 369 g/mol. The number of carbonyl (C=O) groups excluding carboxylic acids is 1. The highest BCUT2D eigenvalue weighted by molar-refractivity contribution is 7.99. The third-order valence-corrected chi connectivity index (χ3v) is 3.94. The highest BCUT2D eigenvalue weighted by Gasteiger charge is 2.32. The first-order valence-corrected chi connectivity index (χ1v) is 7.69. The smallest absolute Gasteiger partial charge is 0.383 e. The van der Waals surface area contributed by atoms with E-state index in [-0.39, 0.29) is 27.5 Å². The van der Waals surface area contributed by atoms with Crippen LogP contribution in [0.3, 0.4) is 0 Å². The molecule has 23 heavy (non-hydrogen) atoms. The Bertz CT molecular complexity index is 707. The SMILES string of the molecule is COCCNC(=O)CSc1nnc2c(Cl)cc(C(F)(F)F)cn12. The number of ether oxygens (including phenoxy) is 1. The Morgan fingerprint density at radius 2 is 2.22 bits per heavy atom. The van der Waals surface area contributed by atoms with Crippen molar-refractivity contribution in [2.24, 2.45) is 0 Å². The maximum Gasteiger partial charge on any atom is 0.417 e. The minimum Gasteiger partial charge on any atom is -0.383 e. The summed E-state index contributed by atoms with van der Waals surface area (Å²) in [6.45, 7) is 0.718. The van der Waals surface area contributed by atoms with Crippen LogP contribution in [0.25, 0.3) is 5.65 Å². The second-order valence-electron chi connectivity index (χ2n) is 4.38. The lowest BCUT2D eigenvalue weighted by Crippen LogP contribution is -2.28. The minimum absolute atomic E-state index is 0.0155. The van der Waals surface area contributed by atoms with Crippen LogP contribution in [0.5, 0.6) is 0 Å². The predicted octanol–water partition coefficient (Wildman–Crippen LogP) is 2.26. The Morgan fingerprint density at radius 3 is 2.87 bits per heavy atom. The lowest BCUT2D eigenvalue weighted by molar-refractivity contribution is -0.137. The highest BCUT2D eigenvalue weighted by Crippen LogP contribution is 2.33. The van der Waals surface area contributed by atoms with Crippen molar-refractivity contribution in [1.29, 1.82) is 0 Å².